The Bertz CT molecular complexity index is 448. The number of likely N-dealkylation sites (N-methyl/N-ethyl adjacent to an activating group) is 2. The number of amides is 6. The van der Waals surface area contributed by atoms with Crippen LogP contribution in [0, 0.1) is 0 Å². The Kier molecular flexibility index (Phi) is 3.41. The van der Waals surface area contributed by atoms with Crippen LogP contribution in [0.15, 0.2) is 0 Å². The molecule has 110 valence electrons. The third kappa shape index (κ3) is 1.67. The average molecular weight is 282 g/mol. The standard InChI is InChI=1S/C12H18N4O4/c1-5-13-9-10(16(8(4)18)11(13)19)14(6-2)12(20)15(9)7(3)17/h9-10H,5-6H2,1-4H3/t9-,10-/m0/s1. The molecule has 0 aromatic carbocycles. The van der Waals surface area contributed by atoms with Crippen molar-refractivity contribution < 1.29 is 19.2 Å². The third-order valence-electron chi connectivity index (χ3n) is 3.70. The lowest BCUT2D eigenvalue weighted by Crippen LogP contribution is -2.48. The van der Waals surface area contributed by atoms with Gasteiger partial charge in [-0.2, -0.15) is 0 Å². The molecular formula is C12H18N4O4. The van der Waals surface area contributed by atoms with Gasteiger partial charge in [-0.15, -0.1) is 0 Å². The number of imide groups is 2. The number of urea groups is 2. The molecule has 2 rings (SSSR count). The molecule has 2 fully saturated rings. The summed E-state index contributed by atoms with van der Waals surface area (Å²) in [5, 5.41) is 0. The zero-order valence-electron chi connectivity index (χ0n) is 12.0. The van der Waals surface area contributed by atoms with Crippen LogP contribution in [0.1, 0.15) is 27.7 Å². The Labute approximate surface area is 116 Å². The summed E-state index contributed by atoms with van der Waals surface area (Å²) in [6.07, 6.45) is -1.47. The maximum absolute atomic E-state index is 12.3. The van der Waals surface area contributed by atoms with E-state index in [0.717, 1.165) is 9.80 Å². The first kappa shape index (κ1) is 14.3. The van der Waals surface area contributed by atoms with Crippen molar-refractivity contribution in [2.75, 3.05) is 13.1 Å². The normalized spacial score (nSPS) is 25.6. The fourth-order valence-corrected chi connectivity index (χ4v) is 2.88. The predicted molar refractivity (Wildman–Crippen MR) is 68.2 cm³/mol. The van der Waals surface area contributed by atoms with Gasteiger partial charge in [0.1, 0.15) is 0 Å². The molecule has 2 heterocycles. The number of fused-ring (bicyclic) bond motifs is 1. The number of nitrogens with zero attached hydrogens (tertiary/aromatic N) is 4. The van der Waals surface area contributed by atoms with Crippen LogP contribution in [0.3, 0.4) is 0 Å². The largest absolute Gasteiger partial charge is 0.330 e. The molecule has 0 unspecified atom stereocenters. The van der Waals surface area contributed by atoms with Gasteiger partial charge >= 0.3 is 12.1 Å². The lowest BCUT2D eigenvalue weighted by atomic mass is 10.3. The third-order valence-corrected chi connectivity index (χ3v) is 3.70. The average Bonchev–Trinajstić information content (AvgIpc) is 2.78. The lowest BCUT2D eigenvalue weighted by molar-refractivity contribution is -0.131. The van der Waals surface area contributed by atoms with Gasteiger partial charge in [-0.3, -0.25) is 19.4 Å². The fourth-order valence-electron chi connectivity index (χ4n) is 2.88. The van der Waals surface area contributed by atoms with Gasteiger partial charge in [-0.05, 0) is 13.8 Å². The second kappa shape index (κ2) is 4.77. The fraction of sp³-hybridized carbons (Fsp3) is 0.667. The van der Waals surface area contributed by atoms with Gasteiger partial charge in [0.25, 0.3) is 0 Å². The van der Waals surface area contributed by atoms with Crippen LogP contribution in [0.4, 0.5) is 9.59 Å². The minimum absolute atomic E-state index is 0.318. The monoisotopic (exact) mass is 282 g/mol. The van der Waals surface area contributed by atoms with Gasteiger partial charge in [0.2, 0.25) is 11.8 Å². The van der Waals surface area contributed by atoms with Crippen LogP contribution in [0.2, 0.25) is 0 Å². The minimum Gasteiger partial charge on any atom is -0.299 e. The maximum atomic E-state index is 12.3. The number of hydrogen-bond acceptors (Lipinski definition) is 4. The molecule has 2 atom stereocenters. The van der Waals surface area contributed by atoms with E-state index in [1.54, 1.807) is 13.8 Å². The van der Waals surface area contributed by atoms with Crippen molar-refractivity contribution in [2.45, 2.75) is 40.0 Å². The Morgan fingerprint density at radius 2 is 1.15 bits per heavy atom. The highest BCUT2D eigenvalue weighted by Gasteiger charge is 2.60. The molecule has 6 amide bonds. The second-order valence-corrected chi connectivity index (χ2v) is 4.74. The number of carbonyl (C=O) groups excluding carboxylic acids is 4. The van der Waals surface area contributed by atoms with Gasteiger partial charge in [-0.1, -0.05) is 0 Å². The molecule has 0 bridgehead atoms. The van der Waals surface area contributed by atoms with Gasteiger partial charge in [0.05, 0.1) is 0 Å². The van der Waals surface area contributed by atoms with E-state index in [4.69, 9.17) is 0 Å². The Morgan fingerprint density at radius 3 is 1.35 bits per heavy atom. The second-order valence-electron chi connectivity index (χ2n) is 4.74. The minimum atomic E-state index is -0.735. The Morgan fingerprint density at radius 1 is 0.850 bits per heavy atom. The summed E-state index contributed by atoms with van der Waals surface area (Å²) in [4.78, 5) is 52.9. The van der Waals surface area contributed by atoms with Crippen LogP contribution in [0.25, 0.3) is 0 Å². The van der Waals surface area contributed by atoms with Gasteiger partial charge in [-0.25, -0.2) is 19.4 Å². The zero-order chi connectivity index (χ0) is 15.2. The molecule has 20 heavy (non-hydrogen) atoms. The van der Waals surface area contributed by atoms with Crippen molar-refractivity contribution in [2.24, 2.45) is 0 Å². The number of carbonyl (C=O) groups is 4. The van der Waals surface area contributed by atoms with Crippen LogP contribution in [0.5, 0.6) is 0 Å². The molecule has 0 radical (unpaired) electrons. The van der Waals surface area contributed by atoms with E-state index in [1.165, 1.54) is 23.6 Å². The first-order valence-corrected chi connectivity index (χ1v) is 6.57. The van der Waals surface area contributed by atoms with E-state index >= 15 is 0 Å². The zero-order valence-corrected chi connectivity index (χ0v) is 12.0. The van der Waals surface area contributed by atoms with E-state index in [-0.39, 0.29) is 0 Å². The SMILES string of the molecule is CCN1C(=O)N(C(C)=O)[C@H]2[C@@H]1N(C(C)=O)C(=O)N2CC. The summed E-state index contributed by atoms with van der Waals surface area (Å²) < 4.78 is 0. The summed E-state index contributed by atoms with van der Waals surface area (Å²) in [6.45, 7) is 6.69. The molecule has 0 aliphatic carbocycles. The van der Waals surface area contributed by atoms with E-state index in [1.807, 2.05) is 0 Å². The van der Waals surface area contributed by atoms with Crippen molar-refractivity contribution in [3.63, 3.8) is 0 Å². The molecule has 8 heteroatoms. The molecule has 0 aromatic rings. The van der Waals surface area contributed by atoms with Crippen LogP contribution >= 0.6 is 0 Å². The molecular weight excluding hydrogens is 264 g/mol. The summed E-state index contributed by atoms with van der Waals surface area (Å²) >= 11 is 0. The highest BCUT2D eigenvalue weighted by molar-refractivity contribution is 6.01. The van der Waals surface area contributed by atoms with Crippen molar-refractivity contribution in [3.05, 3.63) is 0 Å². The van der Waals surface area contributed by atoms with E-state index in [0.29, 0.717) is 13.1 Å². The van der Waals surface area contributed by atoms with E-state index in [2.05, 4.69) is 0 Å². The van der Waals surface area contributed by atoms with Gasteiger partial charge in [0.15, 0.2) is 12.3 Å². The number of hydrogen-bond donors (Lipinski definition) is 0. The Hall–Kier alpha value is -2.12. The molecule has 0 aromatic heterocycles. The van der Waals surface area contributed by atoms with E-state index in [9.17, 15) is 19.2 Å². The summed E-state index contributed by atoms with van der Waals surface area (Å²) in [5.74, 6) is -0.866. The summed E-state index contributed by atoms with van der Waals surface area (Å²) in [6, 6.07) is -0.931. The van der Waals surface area contributed by atoms with Crippen molar-refractivity contribution >= 4 is 23.9 Å². The lowest BCUT2D eigenvalue weighted by Gasteiger charge is -2.26. The smallest absolute Gasteiger partial charge is 0.299 e. The van der Waals surface area contributed by atoms with E-state index < -0.39 is 36.2 Å². The topological polar surface area (TPSA) is 81.2 Å². The molecule has 8 nitrogen and oxygen atoms in total. The van der Waals surface area contributed by atoms with Crippen LogP contribution in [-0.2, 0) is 9.59 Å². The first-order chi connectivity index (χ1) is 9.36. The molecule has 0 spiro atoms. The van der Waals surface area contributed by atoms with Crippen LogP contribution in [-0.4, -0.2) is 68.9 Å². The summed E-state index contributed by atoms with van der Waals surface area (Å²) in [5.41, 5.74) is 0. The molecule has 0 saturated carbocycles. The molecule has 2 aliphatic rings. The van der Waals surface area contributed by atoms with Crippen molar-refractivity contribution in [3.8, 4) is 0 Å². The summed E-state index contributed by atoms with van der Waals surface area (Å²) in [7, 11) is 0. The first-order valence-electron chi connectivity index (χ1n) is 6.57. The van der Waals surface area contributed by atoms with Crippen molar-refractivity contribution in [1.82, 2.24) is 19.6 Å². The quantitative estimate of drug-likeness (QED) is 0.727. The Balaban J connectivity index is 2.54. The van der Waals surface area contributed by atoms with Gasteiger partial charge in [0, 0.05) is 26.9 Å². The molecule has 0 N–H and O–H groups in total. The highest BCUT2D eigenvalue weighted by atomic mass is 16.2. The highest BCUT2D eigenvalue weighted by Crippen LogP contribution is 2.34. The number of rotatable bonds is 2. The maximum Gasteiger partial charge on any atom is 0.330 e. The molecule has 2 aliphatic heterocycles. The molecule has 2 saturated heterocycles. The van der Waals surface area contributed by atoms with Crippen molar-refractivity contribution in [1.29, 1.82) is 0 Å². The van der Waals surface area contributed by atoms with Crippen LogP contribution < -0.4 is 0 Å². The van der Waals surface area contributed by atoms with Gasteiger partial charge < -0.3 is 0 Å². The predicted octanol–water partition coefficient (Wildman–Crippen LogP) is 0.247.